The van der Waals surface area contributed by atoms with Gasteiger partial charge in [0.25, 0.3) is 23.4 Å². The Kier molecular flexibility index (Phi) is 7.19. The average Bonchev–Trinajstić information content (AvgIpc) is 3.28. The standard InChI is InChI=1S/C26H17N5O5S3/c1-13-2-5-15(6-3-13)22(32)27-16-7-8-18-21(12-16)39-26(28-18)38-20-9-4-14(11-19(20)31(35)36)10-17-23(33)29-25(37)30-24(17)34/h2-12H,1H3,(H,27,32)(H2,29,30,33,34,37). The summed E-state index contributed by atoms with van der Waals surface area (Å²) in [5.41, 5.74) is 2.78. The van der Waals surface area contributed by atoms with E-state index in [0.717, 1.165) is 22.0 Å². The zero-order valence-corrected chi connectivity index (χ0v) is 22.5. The summed E-state index contributed by atoms with van der Waals surface area (Å²) in [7, 11) is 0. The molecule has 4 aromatic rings. The number of benzene rings is 3. The molecule has 1 aliphatic rings. The van der Waals surface area contributed by atoms with E-state index in [4.69, 9.17) is 12.2 Å². The molecule has 3 aromatic carbocycles. The summed E-state index contributed by atoms with van der Waals surface area (Å²) in [5, 5.41) is 19.2. The number of aryl methyl sites for hydroxylation is 1. The van der Waals surface area contributed by atoms with Crippen molar-refractivity contribution in [1.82, 2.24) is 15.6 Å². The van der Waals surface area contributed by atoms with Crippen molar-refractivity contribution in [2.45, 2.75) is 16.2 Å². The Bertz CT molecular complexity index is 1710. The molecule has 3 amide bonds. The van der Waals surface area contributed by atoms with Crippen molar-refractivity contribution in [3.05, 3.63) is 93.0 Å². The highest BCUT2D eigenvalue weighted by Crippen LogP contribution is 2.39. The molecular weight excluding hydrogens is 559 g/mol. The van der Waals surface area contributed by atoms with Gasteiger partial charge in [-0.1, -0.05) is 35.5 Å². The van der Waals surface area contributed by atoms with E-state index in [9.17, 15) is 24.5 Å². The van der Waals surface area contributed by atoms with E-state index >= 15 is 0 Å². The number of hydrogen-bond acceptors (Lipinski definition) is 9. The Labute approximate surface area is 234 Å². The molecule has 1 aliphatic heterocycles. The molecule has 13 heteroatoms. The number of nitro benzene ring substituents is 1. The highest BCUT2D eigenvalue weighted by atomic mass is 32.2. The second-order valence-electron chi connectivity index (χ2n) is 8.36. The first-order valence-corrected chi connectivity index (χ1v) is 13.3. The zero-order valence-electron chi connectivity index (χ0n) is 20.0. The molecule has 0 saturated carbocycles. The molecule has 39 heavy (non-hydrogen) atoms. The van der Waals surface area contributed by atoms with Gasteiger partial charge in [0, 0.05) is 17.3 Å². The van der Waals surface area contributed by atoms with Crippen LogP contribution >= 0.6 is 35.3 Å². The number of thiazole rings is 1. The predicted octanol–water partition coefficient (Wildman–Crippen LogP) is 4.83. The van der Waals surface area contributed by atoms with Gasteiger partial charge in [0.05, 0.1) is 20.0 Å². The topological polar surface area (TPSA) is 143 Å². The van der Waals surface area contributed by atoms with E-state index in [1.807, 2.05) is 19.1 Å². The van der Waals surface area contributed by atoms with Crippen LogP contribution in [0.15, 0.2) is 75.5 Å². The highest BCUT2D eigenvalue weighted by Gasteiger charge is 2.26. The van der Waals surface area contributed by atoms with Crippen molar-refractivity contribution >= 4 is 85.8 Å². The van der Waals surface area contributed by atoms with Gasteiger partial charge in [-0.05, 0) is 67.2 Å². The van der Waals surface area contributed by atoms with Crippen LogP contribution in [0.25, 0.3) is 16.3 Å². The van der Waals surface area contributed by atoms with Crippen LogP contribution < -0.4 is 16.0 Å². The second kappa shape index (κ2) is 10.7. The molecule has 2 heterocycles. The van der Waals surface area contributed by atoms with Gasteiger partial charge >= 0.3 is 0 Å². The Morgan fingerprint density at radius 3 is 2.49 bits per heavy atom. The number of carbonyl (C=O) groups is 3. The summed E-state index contributed by atoms with van der Waals surface area (Å²) < 4.78 is 1.37. The Morgan fingerprint density at radius 2 is 1.79 bits per heavy atom. The maximum absolute atomic E-state index is 12.6. The van der Waals surface area contributed by atoms with Crippen LogP contribution in [0.5, 0.6) is 0 Å². The van der Waals surface area contributed by atoms with Crippen molar-refractivity contribution in [2.75, 3.05) is 5.32 Å². The molecule has 1 saturated heterocycles. The Balaban J connectivity index is 1.37. The van der Waals surface area contributed by atoms with E-state index < -0.39 is 16.7 Å². The van der Waals surface area contributed by atoms with Crippen molar-refractivity contribution in [3.63, 3.8) is 0 Å². The summed E-state index contributed by atoms with van der Waals surface area (Å²) in [6, 6.07) is 17.0. The molecule has 0 aliphatic carbocycles. The van der Waals surface area contributed by atoms with Crippen LogP contribution in [-0.4, -0.2) is 32.7 Å². The van der Waals surface area contributed by atoms with E-state index in [0.29, 0.717) is 31.6 Å². The van der Waals surface area contributed by atoms with Crippen LogP contribution in [0, 0.1) is 17.0 Å². The number of thiocarbonyl (C=S) groups is 1. The number of nitrogens with zero attached hydrogens (tertiary/aromatic N) is 2. The maximum atomic E-state index is 12.6. The van der Waals surface area contributed by atoms with E-state index in [1.54, 1.807) is 36.4 Å². The number of anilines is 1. The molecule has 0 unspecified atom stereocenters. The predicted molar refractivity (Wildman–Crippen MR) is 153 cm³/mol. The normalized spacial score (nSPS) is 13.2. The third-order valence-corrected chi connectivity index (χ3v) is 7.92. The van der Waals surface area contributed by atoms with Crippen molar-refractivity contribution in [3.8, 4) is 0 Å². The number of carbonyl (C=O) groups excluding carboxylic acids is 3. The third-order valence-electron chi connectivity index (χ3n) is 5.57. The van der Waals surface area contributed by atoms with Crippen LogP contribution in [0.2, 0.25) is 0 Å². The second-order valence-corrected chi connectivity index (χ2v) is 11.1. The minimum atomic E-state index is -0.686. The lowest BCUT2D eigenvalue weighted by atomic mass is 10.1. The Hall–Kier alpha value is -4.46. The van der Waals surface area contributed by atoms with Crippen molar-refractivity contribution in [2.24, 2.45) is 0 Å². The van der Waals surface area contributed by atoms with Crippen LogP contribution in [0.4, 0.5) is 11.4 Å². The van der Waals surface area contributed by atoms with Gasteiger partial charge < -0.3 is 5.32 Å². The Morgan fingerprint density at radius 1 is 1.08 bits per heavy atom. The highest BCUT2D eigenvalue weighted by molar-refractivity contribution is 8.01. The molecule has 5 rings (SSSR count). The van der Waals surface area contributed by atoms with Crippen molar-refractivity contribution < 1.29 is 19.3 Å². The van der Waals surface area contributed by atoms with Gasteiger partial charge in [0.1, 0.15) is 5.57 Å². The van der Waals surface area contributed by atoms with Gasteiger partial charge in [-0.2, -0.15) is 0 Å². The van der Waals surface area contributed by atoms with Crippen molar-refractivity contribution in [1.29, 1.82) is 0 Å². The first-order chi connectivity index (χ1) is 18.7. The fraction of sp³-hybridized carbons (Fsp3) is 0.0385. The molecule has 10 nitrogen and oxygen atoms in total. The molecule has 0 atom stereocenters. The SMILES string of the molecule is Cc1ccc(C(=O)Nc2ccc3nc(Sc4ccc(C=C5C(=O)NC(=S)NC5=O)cc4[N+](=O)[O-])sc3c2)cc1. The smallest absolute Gasteiger partial charge is 0.283 e. The fourth-order valence-corrected chi connectivity index (χ4v) is 5.99. The summed E-state index contributed by atoms with van der Waals surface area (Å²) in [4.78, 5) is 53.0. The molecule has 0 spiro atoms. The first-order valence-electron chi connectivity index (χ1n) is 11.3. The number of nitro groups is 1. The maximum Gasteiger partial charge on any atom is 0.283 e. The molecule has 194 valence electrons. The quantitative estimate of drug-likeness (QED) is 0.0975. The van der Waals surface area contributed by atoms with Crippen LogP contribution in [0.3, 0.4) is 0 Å². The number of hydrogen-bond donors (Lipinski definition) is 3. The number of amides is 3. The fourth-order valence-electron chi connectivity index (χ4n) is 3.65. The van der Waals surface area contributed by atoms with E-state index in [-0.39, 0.29) is 22.3 Å². The van der Waals surface area contributed by atoms with Gasteiger partial charge in [-0.15, -0.1) is 11.3 Å². The number of nitrogens with one attached hydrogen (secondary N) is 3. The van der Waals surface area contributed by atoms with Gasteiger partial charge in [0.15, 0.2) is 9.45 Å². The van der Waals surface area contributed by atoms with Gasteiger partial charge in [0.2, 0.25) is 0 Å². The third kappa shape index (κ3) is 5.85. The lowest BCUT2D eigenvalue weighted by Crippen LogP contribution is -2.51. The summed E-state index contributed by atoms with van der Waals surface area (Å²) in [6.07, 6.45) is 1.26. The van der Waals surface area contributed by atoms with Gasteiger partial charge in [-0.25, -0.2) is 4.98 Å². The summed E-state index contributed by atoms with van der Waals surface area (Å²) >= 11 is 7.24. The number of rotatable bonds is 6. The number of fused-ring (bicyclic) bond motifs is 1. The molecule has 1 aromatic heterocycles. The first kappa shape index (κ1) is 26.2. The monoisotopic (exact) mass is 575 g/mol. The average molecular weight is 576 g/mol. The minimum absolute atomic E-state index is 0.100. The lowest BCUT2D eigenvalue weighted by Gasteiger charge is -2.16. The largest absolute Gasteiger partial charge is 0.322 e. The summed E-state index contributed by atoms with van der Waals surface area (Å²) in [6.45, 7) is 1.95. The number of aromatic nitrogens is 1. The molecule has 3 N–H and O–H groups in total. The molecular formula is C26H17N5O5S3. The lowest BCUT2D eigenvalue weighted by molar-refractivity contribution is -0.387. The molecule has 1 fully saturated rings. The zero-order chi connectivity index (χ0) is 27.7. The van der Waals surface area contributed by atoms with Gasteiger partial charge in [-0.3, -0.25) is 35.1 Å². The van der Waals surface area contributed by atoms with E-state index in [1.165, 1.54) is 29.5 Å². The molecule has 0 bridgehead atoms. The van der Waals surface area contributed by atoms with Crippen LogP contribution in [-0.2, 0) is 9.59 Å². The summed E-state index contributed by atoms with van der Waals surface area (Å²) in [5.74, 6) is -1.60. The minimum Gasteiger partial charge on any atom is -0.322 e. The molecule has 0 radical (unpaired) electrons. The van der Waals surface area contributed by atoms with Crippen LogP contribution in [0.1, 0.15) is 21.5 Å². The van der Waals surface area contributed by atoms with E-state index in [2.05, 4.69) is 20.9 Å².